The van der Waals surface area contributed by atoms with E-state index in [1.54, 1.807) is 13.8 Å². The third-order valence-corrected chi connectivity index (χ3v) is 3.30. The smallest absolute Gasteiger partial charge is 0.343 e. The van der Waals surface area contributed by atoms with Crippen molar-refractivity contribution in [2.45, 2.75) is 64.3 Å². The molecule has 0 saturated carbocycles. The molecule has 0 bridgehead atoms. The van der Waals surface area contributed by atoms with Crippen LogP contribution in [-0.2, 0) is 9.59 Å². The van der Waals surface area contributed by atoms with Crippen LogP contribution in [0.15, 0.2) is 0 Å². The number of hydrogen-bond donors (Lipinski definition) is 1. The van der Waals surface area contributed by atoms with Gasteiger partial charge in [-0.05, 0) is 19.8 Å². The summed E-state index contributed by atoms with van der Waals surface area (Å²) in [6.07, 6.45) is -4.78. The molecule has 2 amide bonds. The van der Waals surface area contributed by atoms with Crippen molar-refractivity contribution < 1.29 is 22.8 Å². The molecule has 1 fully saturated rings. The minimum atomic E-state index is -4.35. The van der Waals surface area contributed by atoms with Crippen LogP contribution in [0.25, 0.3) is 0 Å². The van der Waals surface area contributed by atoms with Crippen molar-refractivity contribution in [1.82, 2.24) is 10.2 Å². The first kappa shape index (κ1) is 15.8. The van der Waals surface area contributed by atoms with E-state index in [9.17, 15) is 22.8 Å². The van der Waals surface area contributed by atoms with Crippen LogP contribution in [0.5, 0.6) is 0 Å². The van der Waals surface area contributed by atoms with E-state index < -0.39 is 36.6 Å². The fourth-order valence-corrected chi connectivity index (χ4v) is 2.41. The van der Waals surface area contributed by atoms with Crippen molar-refractivity contribution in [1.29, 1.82) is 0 Å². The van der Waals surface area contributed by atoms with Gasteiger partial charge in [0.15, 0.2) is 0 Å². The van der Waals surface area contributed by atoms with Crippen molar-refractivity contribution in [3.8, 4) is 0 Å². The highest BCUT2D eigenvalue weighted by molar-refractivity contribution is 5.97. The van der Waals surface area contributed by atoms with Gasteiger partial charge in [0.25, 0.3) is 0 Å². The number of carbonyl (C=O) groups is 2. The van der Waals surface area contributed by atoms with E-state index in [4.69, 9.17) is 0 Å². The molecule has 3 unspecified atom stereocenters. The Morgan fingerprint density at radius 1 is 1.26 bits per heavy atom. The third-order valence-electron chi connectivity index (χ3n) is 3.30. The molecule has 110 valence electrons. The summed E-state index contributed by atoms with van der Waals surface area (Å²) in [5.74, 6) is -0.798. The van der Waals surface area contributed by atoms with Gasteiger partial charge in [0.05, 0.1) is 6.42 Å². The molecule has 1 aliphatic heterocycles. The molecule has 3 atom stereocenters. The SMILES string of the molecule is CCC1NC(=O)C(CC)N(C(C)CC(F)(F)F)C1=O. The molecule has 1 aliphatic rings. The van der Waals surface area contributed by atoms with Crippen molar-refractivity contribution in [2.75, 3.05) is 0 Å². The largest absolute Gasteiger partial charge is 0.391 e. The number of hydrogen-bond acceptors (Lipinski definition) is 2. The van der Waals surface area contributed by atoms with Crippen LogP contribution in [0.1, 0.15) is 40.0 Å². The molecule has 4 nitrogen and oxygen atoms in total. The van der Waals surface area contributed by atoms with Crippen molar-refractivity contribution >= 4 is 11.8 Å². The van der Waals surface area contributed by atoms with Gasteiger partial charge in [-0.1, -0.05) is 13.8 Å². The Morgan fingerprint density at radius 2 is 1.84 bits per heavy atom. The van der Waals surface area contributed by atoms with Crippen LogP contribution in [0.2, 0.25) is 0 Å². The van der Waals surface area contributed by atoms with Crippen LogP contribution in [0.4, 0.5) is 13.2 Å². The maximum absolute atomic E-state index is 12.5. The standard InChI is InChI=1S/C12H19F3N2O2/c1-4-8-11(19)17(7(3)6-12(13,14)15)9(5-2)10(18)16-8/h7-9H,4-6H2,1-3H3,(H,16,18). The number of alkyl halides is 3. The van der Waals surface area contributed by atoms with Crippen LogP contribution in [-0.4, -0.2) is 41.0 Å². The Bertz CT molecular complexity index is 357. The highest BCUT2D eigenvalue weighted by Gasteiger charge is 2.43. The van der Waals surface area contributed by atoms with E-state index in [2.05, 4.69) is 5.32 Å². The lowest BCUT2D eigenvalue weighted by Crippen LogP contribution is -2.65. The normalized spacial score (nSPS) is 26.3. The second kappa shape index (κ2) is 5.79. The Hall–Kier alpha value is -1.27. The number of piperazine rings is 1. The third kappa shape index (κ3) is 3.61. The lowest BCUT2D eigenvalue weighted by Gasteiger charge is -2.42. The second-order valence-electron chi connectivity index (χ2n) is 4.81. The van der Waals surface area contributed by atoms with E-state index in [0.29, 0.717) is 12.8 Å². The van der Waals surface area contributed by atoms with E-state index in [-0.39, 0.29) is 5.91 Å². The van der Waals surface area contributed by atoms with Gasteiger partial charge in [-0.25, -0.2) is 0 Å². The van der Waals surface area contributed by atoms with Crippen LogP contribution >= 0.6 is 0 Å². The van der Waals surface area contributed by atoms with E-state index in [0.717, 1.165) is 4.90 Å². The average Bonchev–Trinajstić information content (AvgIpc) is 2.28. The van der Waals surface area contributed by atoms with Gasteiger partial charge in [-0.2, -0.15) is 13.2 Å². The molecule has 1 rings (SSSR count). The lowest BCUT2D eigenvalue weighted by molar-refractivity contribution is -0.165. The van der Waals surface area contributed by atoms with E-state index in [1.165, 1.54) is 6.92 Å². The highest BCUT2D eigenvalue weighted by atomic mass is 19.4. The molecular formula is C12H19F3N2O2. The molecule has 0 aromatic rings. The summed E-state index contributed by atoms with van der Waals surface area (Å²) in [6.45, 7) is 4.72. The Morgan fingerprint density at radius 3 is 2.26 bits per heavy atom. The monoisotopic (exact) mass is 280 g/mol. The summed E-state index contributed by atoms with van der Waals surface area (Å²) < 4.78 is 37.4. The number of halogens is 3. The molecule has 0 radical (unpaired) electrons. The average molecular weight is 280 g/mol. The zero-order valence-electron chi connectivity index (χ0n) is 11.3. The first-order valence-corrected chi connectivity index (χ1v) is 6.40. The maximum Gasteiger partial charge on any atom is 0.391 e. The molecule has 19 heavy (non-hydrogen) atoms. The zero-order chi connectivity index (χ0) is 14.8. The summed E-state index contributed by atoms with van der Waals surface area (Å²) in [5, 5.41) is 2.55. The number of amides is 2. The minimum absolute atomic E-state index is 0.302. The molecule has 0 aromatic carbocycles. The predicted molar refractivity (Wildman–Crippen MR) is 63.3 cm³/mol. The van der Waals surface area contributed by atoms with Gasteiger partial charge in [0, 0.05) is 6.04 Å². The highest BCUT2D eigenvalue weighted by Crippen LogP contribution is 2.27. The fraction of sp³-hybridized carbons (Fsp3) is 0.833. The Kier molecular flexibility index (Phi) is 4.81. The Labute approximate surface area is 110 Å². The zero-order valence-corrected chi connectivity index (χ0v) is 11.3. The fourth-order valence-electron chi connectivity index (χ4n) is 2.41. The molecule has 1 N–H and O–H groups in total. The first-order valence-electron chi connectivity index (χ1n) is 6.40. The number of nitrogens with one attached hydrogen (secondary N) is 1. The summed E-state index contributed by atoms with van der Waals surface area (Å²) in [6, 6.07) is -2.56. The van der Waals surface area contributed by atoms with E-state index in [1.807, 2.05) is 0 Å². The Balaban J connectivity index is 2.96. The minimum Gasteiger partial charge on any atom is -0.343 e. The predicted octanol–water partition coefficient (Wildman–Crippen LogP) is 1.84. The second-order valence-corrected chi connectivity index (χ2v) is 4.81. The molecule has 1 heterocycles. The summed E-state index contributed by atoms with van der Waals surface area (Å²) >= 11 is 0. The summed E-state index contributed by atoms with van der Waals surface area (Å²) in [5.41, 5.74) is 0. The number of rotatable bonds is 4. The van der Waals surface area contributed by atoms with Crippen LogP contribution < -0.4 is 5.32 Å². The molecular weight excluding hydrogens is 261 g/mol. The van der Waals surface area contributed by atoms with E-state index >= 15 is 0 Å². The molecule has 1 saturated heterocycles. The summed E-state index contributed by atoms with van der Waals surface area (Å²) in [7, 11) is 0. The lowest BCUT2D eigenvalue weighted by atomic mass is 10.00. The summed E-state index contributed by atoms with van der Waals surface area (Å²) in [4.78, 5) is 25.1. The number of carbonyl (C=O) groups excluding carboxylic acids is 2. The van der Waals surface area contributed by atoms with Crippen molar-refractivity contribution in [2.24, 2.45) is 0 Å². The topological polar surface area (TPSA) is 49.4 Å². The van der Waals surface area contributed by atoms with Gasteiger partial charge < -0.3 is 10.2 Å². The maximum atomic E-state index is 12.5. The molecule has 0 spiro atoms. The number of nitrogens with zero attached hydrogens (tertiary/aromatic N) is 1. The van der Waals surface area contributed by atoms with Gasteiger partial charge in [-0.3, -0.25) is 9.59 Å². The molecule has 0 aromatic heterocycles. The van der Waals surface area contributed by atoms with Crippen LogP contribution in [0, 0.1) is 0 Å². The van der Waals surface area contributed by atoms with Gasteiger partial charge in [0.2, 0.25) is 11.8 Å². The quantitative estimate of drug-likeness (QED) is 0.854. The van der Waals surface area contributed by atoms with Crippen molar-refractivity contribution in [3.63, 3.8) is 0 Å². The molecule has 0 aliphatic carbocycles. The van der Waals surface area contributed by atoms with Gasteiger partial charge in [0.1, 0.15) is 12.1 Å². The first-order chi connectivity index (χ1) is 8.71. The van der Waals surface area contributed by atoms with Gasteiger partial charge >= 0.3 is 6.18 Å². The van der Waals surface area contributed by atoms with Crippen molar-refractivity contribution in [3.05, 3.63) is 0 Å². The van der Waals surface area contributed by atoms with Gasteiger partial charge in [-0.15, -0.1) is 0 Å². The van der Waals surface area contributed by atoms with Crippen LogP contribution in [0.3, 0.4) is 0 Å². The molecule has 7 heteroatoms.